The summed E-state index contributed by atoms with van der Waals surface area (Å²) in [6, 6.07) is 9.91. The fraction of sp³-hybridized carbons (Fsp3) is 0.143. The van der Waals surface area contributed by atoms with Crippen molar-refractivity contribution in [2.75, 3.05) is 11.3 Å². The maximum atomic E-state index is 5.83. The summed E-state index contributed by atoms with van der Waals surface area (Å²) < 4.78 is 1.38. The first-order chi connectivity index (χ1) is 10.8. The highest BCUT2D eigenvalue weighted by atomic mass is 15.5. The van der Waals surface area contributed by atoms with Gasteiger partial charge in [0.1, 0.15) is 0 Å². The molecule has 22 heavy (non-hydrogen) atoms. The molecule has 0 unspecified atom stereocenters. The van der Waals surface area contributed by atoms with Crippen LogP contribution in [0.1, 0.15) is 18.3 Å². The molecule has 0 saturated heterocycles. The smallest absolute Gasteiger partial charge is 0.263 e. The molecule has 0 bridgehead atoms. The van der Waals surface area contributed by atoms with Crippen molar-refractivity contribution in [2.45, 2.75) is 13.3 Å². The van der Waals surface area contributed by atoms with Crippen LogP contribution >= 0.6 is 0 Å². The minimum atomic E-state index is 0.387. The number of aromatic nitrogens is 5. The fourth-order valence-electron chi connectivity index (χ4n) is 2.03. The first-order valence-corrected chi connectivity index (χ1v) is 6.86. The lowest BCUT2D eigenvalue weighted by molar-refractivity contribution is 0.855. The number of hydrogen-bond acceptors (Lipinski definition) is 6. The summed E-state index contributed by atoms with van der Waals surface area (Å²) in [5, 5.41) is 19.0. The number of hydrazone groups is 1. The Balaban J connectivity index is 1.77. The third kappa shape index (κ3) is 2.66. The Morgan fingerprint density at radius 2 is 2.14 bits per heavy atom. The summed E-state index contributed by atoms with van der Waals surface area (Å²) in [5.41, 5.74) is 5.57. The number of rotatable bonds is 5. The number of benzene rings is 1. The minimum Gasteiger partial charge on any atom is -0.335 e. The molecule has 112 valence electrons. The first kappa shape index (κ1) is 13.8. The SMILES string of the molecule is CCc1nnc(N/N=C\c2cn[nH]c2-c2ccccc2)n1N. The number of H-pyrrole nitrogens is 1. The van der Waals surface area contributed by atoms with Gasteiger partial charge in [0.2, 0.25) is 0 Å². The Morgan fingerprint density at radius 1 is 1.32 bits per heavy atom. The molecule has 0 aliphatic heterocycles. The molecular weight excluding hydrogens is 280 g/mol. The molecule has 0 amide bonds. The van der Waals surface area contributed by atoms with E-state index in [1.165, 1.54) is 4.68 Å². The maximum absolute atomic E-state index is 5.83. The van der Waals surface area contributed by atoms with Crippen molar-refractivity contribution in [3.8, 4) is 11.3 Å². The highest BCUT2D eigenvalue weighted by Crippen LogP contribution is 2.19. The normalized spacial score (nSPS) is 11.1. The van der Waals surface area contributed by atoms with Crippen molar-refractivity contribution in [1.29, 1.82) is 0 Å². The van der Waals surface area contributed by atoms with Gasteiger partial charge in [0.05, 0.1) is 18.1 Å². The number of nitrogen functional groups attached to an aromatic ring is 1. The summed E-state index contributed by atoms with van der Waals surface area (Å²) in [7, 11) is 0. The van der Waals surface area contributed by atoms with Crippen LogP contribution in [0.25, 0.3) is 11.3 Å². The zero-order valence-corrected chi connectivity index (χ0v) is 12.1. The molecule has 0 saturated carbocycles. The van der Waals surface area contributed by atoms with E-state index in [1.807, 2.05) is 37.3 Å². The molecule has 8 heteroatoms. The predicted octanol–water partition coefficient (Wildman–Crippen LogP) is 1.39. The Kier molecular flexibility index (Phi) is 3.82. The molecule has 0 radical (unpaired) electrons. The summed E-state index contributed by atoms with van der Waals surface area (Å²) in [6.45, 7) is 1.96. The third-order valence-electron chi connectivity index (χ3n) is 3.18. The van der Waals surface area contributed by atoms with E-state index in [0.717, 1.165) is 16.8 Å². The molecule has 0 atom stereocenters. The van der Waals surface area contributed by atoms with Gasteiger partial charge in [-0.15, -0.1) is 10.2 Å². The lowest BCUT2D eigenvalue weighted by Gasteiger charge is -2.01. The van der Waals surface area contributed by atoms with Crippen LogP contribution in [0.5, 0.6) is 0 Å². The standard InChI is InChI=1S/C14H16N8/c1-2-12-18-21-14(22(12)15)20-17-9-11-8-16-19-13(11)10-6-4-3-5-7-10/h3-9H,2,15H2,1H3,(H,16,19)(H,20,21)/b17-9-. The number of nitrogens with two attached hydrogens (primary N) is 1. The van der Waals surface area contributed by atoms with Gasteiger partial charge in [-0.3, -0.25) is 5.10 Å². The van der Waals surface area contributed by atoms with Gasteiger partial charge in [-0.2, -0.15) is 10.2 Å². The zero-order chi connectivity index (χ0) is 15.4. The third-order valence-corrected chi connectivity index (χ3v) is 3.18. The molecule has 3 aromatic rings. The Bertz CT molecular complexity index is 771. The van der Waals surface area contributed by atoms with E-state index < -0.39 is 0 Å². The van der Waals surface area contributed by atoms with E-state index in [2.05, 4.69) is 30.9 Å². The maximum Gasteiger partial charge on any atom is 0.263 e. The van der Waals surface area contributed by atoms with E-state index in [9.17, 15) is 0 Å². The number of aromatic amines is 1. The average Bonchev–Trinajstić information content (AvgIpc) is 3.16. The quantitative estimate of drug-likeness (QED) is 0.374. The number of aryl methyl sites for hydroxylation is 1. The number of anilines is 1. The number of nitrogens with one attached hydrogen (secondary N) is 2. The highest BCUT2D eigenvalue weighted by Gasteiger charge is 2.07. The van der Waals surface area contributed by atoms with Crippen LogP contribution in [-0.2, 0) is 6.42 Å². The van der Waals surface area contributed by atoms with Crippen LogP contribution in [0.3, 0.4) is 0 Å². The monoisotopic (exact) mass is 296 g/mol. The second-order valence-electron chi connectivity index (χ2n) is 4.60. The molecule has 0 aliphatic rings. The van der Waals surface area contributed by atoms with Gasteiger partial charge in [0.25, 0.3) is 5.95 Å². The van der Waals surface area contributed by atoms with E-state index >= 15 is 0 Å². The molecule has 8 nitrogen and oxygen atoms in total. The van der Waals surface area contributed by atoms with E-state index in [-0.39, 0.29) is 0 Å². The lowest BCUT2D eigenvalue weighted by atomic mass is 10.1. The molecule has 0 aliphatic carbocycles. The van der Waals surface area contributed by atoms with Crippen LogP contribution in [0, 0.1) is 0 Å². The molecular formula is C14H16N8. The average molecular weight is 296 g/mol. The van der Waals surface area contributed by atoms with Gasteiger partial charge in [0, 0.05) is 17.5 Å². The first-order valence-electron chi connectivity index (χ1n) is 6.86. The summed E-state index contributed by atoms with van der Waals surface area (Å²) >= 11 is 0. The van der Waals surface area contributed by atoms with E-state index in [0.29, 0.717) is 18.2 Å². The molecule has 0 spiro atoms. The second-order valence-corrected chi connectivity index (χ2v) is 4.60. The summed E-state index contributed by atoms with van der Waals surface area (Å²) in [4.78, 5) is 0. The van der Waals surface area contributed by atoms with Crippen molar-refractivity contribution in [1.82, 2.24) is 25.1 Å². The number of nitrogens with zero attached hydrogens (tertiary/aromatic N) is 5. The Hall–Kier alpha value is -3.16. The van der Waals surface area contributed by atoms with Gasteiger partial charge in [-0.25, -0.2) is 10.1 Å². The van der Waals surface area contributed by atoms with Gasteiger partial charge in [0.15, 0.2) is 5.82 Å². The molecule has 4 N–H and O–H groups in total. The van der Waals surface area contributed by atoms with Crippen LogP contribution in [0.15, 0.2) is 41.6 Å². The lowest BCUT2D eigenvalue weighted by Crippen LogP contribution is -2.14. The van der Waals surface area contributed by atoms with E-state index in [4.69, 9.17) is 5.84 Å². The molecule has 1 aromatic carbocycles. The largest absolute Gasteiger partial charge is 0.335 e. The number of hydrogen-bond donors (Lipinski definition) is 3. The van der Waals surface area contributed by atoms with Gasteiger partial charge < -0.3 is 5.84 Å². The van der Waals surface area contributed by atoms with Crippen molar-refractivity contribution in [3.63, 3.8) is 0 Å². The Morgan fingerprint density at radius 3 is 2.86 bits per heavy atom. The molecule has 2 aromatic heterocycles. The minimum absolute atomic E-state index is 0.387. The van der Waals surface area contributed by atoms with Crippen LogP contribution in [0.2, 0.25) is 0 Å². The van der Waals surface area contributed by atoms with Crippen molar-refractivity contribution >= 4 is 12.2 Å². The van der Waals surface area contributed by atoms with Gasteiger partial charge in [-0.05, 0) is 0 Å². The second kappa shape index (κ2) is 6.08. The highest BCUT2D eigenvalue weighted by molar-refractivity contribution is 5.88. The van der Waals surface area contributed by atoms with Gasteiger partial charge in [-0.1, -0.05) is 37.3 Å². The molecule has 0 fully saturated rings. The molecule has 3 rings (SSSR count). The van der Waals surface area contributed by atoms with Crippen LogP contribution < -0.4 is 11.3 Å². The molecule has 2 heterocycles. The summed E-state index contributed by atoms with van der Waals surface area (Å²) in [5.74, 6) is 6.90. The Labute approximate surface area is 127 Å². The van der Waals surface area contributed by atoms with Crippen molar-refractivity contribution in [3.05, 3.63) is 47.9 Å². The zero-order valence-electron chi connectivity index (χ0n) is 12.1. The van der Waals surface area contributed by atoms with E-state index in [1.54, 1.807) is 12.4 Å². The topological polar surface area (TPSA) is 110 Å². The fourth-order valence-corrected chi connectivity index (χ4v) is 2.03. The summed E-state index contributed by atoms with van der Waals surface area (Å²) in [6.07, 6.45) is 4.07. The van der Waals surface area contributed by atoms with Crippen molar-refractivity contribution in [2.24, 2.45) is 5.10 Å². The van der Waals surface area contributed by atoms with Gasteiger partial charge >= 0.3 is 0 Å². The van der Waals surface area contributed by atoms with Crippen molar-refractivity contribution < 1.29 is 0 Å². The van der Waals surface area contributed by atoms with Crippen LogP contribution in [0.4, 0.5) is 5.95 Å². The van der Waals surface area contributed by atoms with Crippen LogP contribution in [-0.4, -0.2) is 31.3 Å². The predicted molar refractivity (Wildman–Crippen MR) is 84.8 cm³/mol.